The van der Waals surface area contributed by atoms with Crippen LogP contribution in [-0.2, 0) is 66.4 Å². The fraction of sp³-hybridized carbons (Fsp3) is 0.974. The third-order valence-electron chi connectivity index (χ3n) is 24.4. The Morgan fingerprint density at radius 3 is 1.06 bits per heavy atom. The summed E-state index contributed by atoms with van der Waals surface area (Å²) >= 11 is 0. The van der Waals surface area contributed by atoms with E-state index in [1.807, 2.05) is 103 Å². The van der Waals surface area contributed by atoms with Gasteiger partial charge >= 0.3 is 11.9 Å². The van der Waals surface area contributed by atoms with E-state index >= 15 is 0 Å². The fourth-order valence-electron chi connectivity index (χ4n) is 17.5. The number of rotatable bonds is 14. The van der Waals surface area contributed by atoms with Crippen molar-refractivity contribution in [3.63, 3.8) is 0 Å². The van der Waals surface area contributed by atoms with Crippen molar-refractivity contribution in [3.8, 4) is 0 Å². The minimum atomic E-state index is -1.80. The maximum Gasteiger partial charge on any atom is 0.311 e. The number of carbonyl (C=O) groups is 2. The molecule has 0 spiro atoms. The lowest BCUT2D eigenvalue weighted by atomic mass is 9.77. The Labute approximate surface area is 622 Å². The maximum atomic E-state index is 14.2. The van der Waals surface area contributed by atoms with Crippen LogP contribution in [0.5, 0.6) is 0 Å². The molecule has 0 amide bonds. The van der Waals surface area contributed by atoms with Crippen LogP contribution in [0.4, 0.5) is 0 Å². The van der Waals surface area contributed by atoms with Crippen LogP contribution in [0.1, 0.15) is 190 Å². The molecular formula is C76H144N4O24. The van der Waals surface area contributed by atoms with Crippen molar-refractivity contribution in [2.45, 2.75) is 370 Å². The number of aliphatic hydroxyl groups is 10. The molecule has 0 saturated carbocycles. The van der Waals surface area contributed by atoms with Crippen molar-refractivity contribution in [2.75, 3.05) is 69.6 Å². The molecule has 0 aliphatic carbocycles. The standard InChI is InChI=1S/2C38H72N2O12/c2*1-15-27-38(10,46)31(42)24(6)40(13)19-20(2)17-36(8,45)33(52-35-29(41)26(39(11)12)16-21(3)48-35)22(4)30(23(5)34(44)50-27)51-28-18-37(9,47-14)32(43)25(7)49-28/h2*20-33,35,41-43,45-46H,15-19H2,1-14H3/t2*20-,21-,22+,23-,24-,25+,26+,27-,28+,29-,30+,31-,32+,33-,35+,36-,37-,38-/m11/s1. The van der Waals surface area contributed by atoms with Crippen molar-refractivity contribution in [1.82, 2.24) is 19.6 Å². The summed E-state index contributed by atoms with van der Waals surface area (Å²) in [6.07, 6.45) is -16.4. The Hall–Kier alpha value is -2.02. The van der Waals surface area contributed by atoms with Gasteiger partial charge in [0.1, 0.15) is 60.0 Å². The molecule has 6 fully saturated rings. The van der Waals surface area contributed by atoms with Crippen molar-refractivity contribution < 1.29 is 117 Å². The molecule has 6 heterocycles. The van der Waals surface area contributed by atoms with E-state index < -0.39 is 192 Å². The SMILES string of the molecule is CC[C@H]1OC(=O)[C@H](C)[C@@H](O[C@H]2C[C@@](C)(OC)[C@@H](O)[C@H](C)O2)[C@H](C)[C@@H](O[C@@H]2O[C@H](C)C[C@H](N(C)C)[C@H]2O)[C@](C)(O)C[C@@H](C)CN(C)[C@H](C)[C@@H](O)[C@]1(C)O.CC[C@H]1OC(=O)[C@H](C)[C@@H](O[C@H]2C[C@@](C)(OC)[C@@H](O)[C@H](C)O2)[C@H](C)[C@@H](O[C@@H]2O[C@H](C)C[C@H](N(C)C)[C@H]2O)[C@](C)(O)C[C@@H](C)CN(C)[C@H](C)[C@@H](O)[C@]1(C)O. The number of esters is 2. The predicted molar refractivity (Wildman–Crippen MR) is 388 cm³/mol. The minimum Gasteiger partial charge on any atom is -0.459 e. The highest BCUT2D eigenvalue weighted by molar-refractivity contribution is 5.73. The third kappa shape index (κ3) is 21.8. The van der Waals surface area contributed by atoms with E-state index in [1.54, 1.807) is 83.1 Å². The normalized spacial score (nSPS) is 49.6. The average Bonchev–Trinajstić information content (AvgIpc) is 1.04. The van der Waals surface area contributed by atoms with Gasteiger partial charge < -0.3 is 128 Å². The molecule has 0 unspecified atom stereocenters. The predicted octanol–water partition coefficient (Wildman–Crippen LogP) is 3.80. The second-order valence-corrected chi connectivity index (χ2v) is 34.3. The van der Waals surface area contributed by atoms with E-state index in [0.717, 1.165) is 0 Å². The van der Waals surface area contributed by atoms with Gasteiger partial charge in [-0.05, 0) is 190 Å². The molecule has 0 bridgehead atoms. The van der Waals surface area contributed by atoms with Crippen molar-refractivity contribution in [1.29, 1.82) is 0 Å². The zero-order chi connectivity index (χ0) is 79.3. The minimum absolute atomic E-state index is 0.133. The van der Waals surface area contributed by atoms with Gasteiger partial charge in [-0.25, -0.2) is 0 Å². The Balaban J connectivity index is 0.000000374. The zero-order valence-electron chi connectivity index (χ0n) is 68.4. The van der Waals surface area contributed by atoms with Crippen molar-refractivity contribution in [2.24, 2.45) is 35.5 Å². The number of methoxy groups -OCH3 is 2. The largest absolute Gasteiger partial charge is 0.459 e. The van der Waals surface area contributed by atoms with E-state index in [2.05, 4.69) is 0 Å². The van der Waals surface area contributed by atoms with Gasteiger partial charge in [0.15, 0.2) is 25.2 Å². The number of hydrogen-bond donors (Lipinski definition) is 10. The number of likely N-dealkylation sites (N-methyl/N-ethyl adjacent to an activating group) is 4. The van der Waals surface area contributed by atoms with Crippen LogP contribution in [0.2, 0.25) is 0 Å². The Bertz CT molecular complexity index is 2460. The fourth-order valence-corrected chi connectivity index (χ4v) is 17.5. The van der Waals surface area contributed by atoms with E-state index in [0.29, 0.717) is 25.9 Å². The molecule has 36 atom stereocenters. The van der Waals surface area contributed by atoms with E-state index in [-0.39, 0.29) is 74.7 Å². The van der Waals surface area contributed by atoms with Crippen LogP contribution >= 0.6 is 0 Å². The van der Waals surface area contributed by atoms with Gasteiger partial charge in [0.2, 0.25) is 0 Å². The van der Waals surface area contributed by atoms with E-state index in [4.69, 9.17) is 56.8 Å². The molecule has 28 nitrogen and oxygen atoms in total. The van der Waals surface area contributed by atoms with Crippen LogP contribution in [0.3, 0.4) is 0 Å². The van der Waals surface area contributed by atoms with Gasteiger partial charge in [-0.1, -0.05) is 41.5 Å². The van der Waals surface area contributed by atoms with Gasteiger partial charge in [0, 0.05) is 76.2 Å². The lowest BCUT2D eigenvalue weighted by Gasteiger charge is -2.48. The van der Waals surface area contributed by atoms with Gasteiger partial charge in [-0.3, -0.25) is 9.59 Å². The molecule has 10 N–H and O–H groups in total. The summed E-state index contributed by atoms with van der Waals surface area (Å²) in [6.45, 7) is 36.1. The summed E-state index contributed by atoms with van der Waals surface area (Å²) < 4.78 is 75.1. The zero-order valence-corrected chi connectivity index (χ0v) is 68.4. The van der Waals surface area contributed by atoms with Gasteiger partial charge in [-0.2, -0.15) is 0 Å². The van der Waals surface area contributed by atoms with Crippen LogP contribution in [0.25, 0.3) is 0 Å². The third-order valence-corrected chi connectivity index (χ3v) is 24.4. The van der Waals surface area contributed by atoms with Crippen LogP contribution < -0.4 is 0 Å². The highest BCUT2D eigenvalue weighted by Crippen LogP contribution is 2.44. The first kappa shape index (κ1) is 92.6. The van der Waals surface area contributed by atoms with Crippen LogP contribution in [0, 0.1) is 35.5 Å². The number of cyclic esters (lactones) is 2. The quantitative estimate of drug-likeness (QED) is 0.111. The topological polar surface area (TPSA) is 360 Å². The number of carbonyl (C=O) groups excluding carboxylic acids is 2. The lowest BCUT2D eigenvalue weighted by molar-refractivity contribution is -0.318. The molecule has 28 heteroatoms. The summed E-state index contributed by atoms with van der Waals surface area (Å²) in [5.41, 5.74) is -8.75. The second-order valence-electron chi connectivity index (χ2n) is 34.3. The molecule has 104 heavy (non-hydrogen) atoms. The van der Waals surface area contributed by atoms with E-state index in [9.17, 15) is 60.7 Å². The molecule has 6 saturated heterocycles. The monoisotopic (exact) mass is 1500 g/mol. The number of hydrogen-bond acceptors (Lipinski definition) is 28. The number of nitrogens with zero attached hydrogens (tertiary/aromatic N) is 4. The first-order valence-corrected chi connectivity index (χ1v) is 38.3. The summed E-state index contributed by atoms with van der Waals surface area (Å²) in [7, 11) is 14.2. The highest BCUT2D eigenvalue weighted by atomic mass is 16.7. The van der Waals surface area contributed by atoms with Gasteiger partial charge in [0.05, 0.1) is 83.1 Å². The lowest BCUT2D eigenvalue weighted by Crippen LogP contribution is -2.60. The maximum absolute atomic E-state index is 14.2. The Morgan fingerprint density at radius 2 is 0.779 bits per heavy atom. The van der Waals surface area contributed by atoms with Gasteiger partial charge in [-0.15, -0.1) is 0 Å². The molecule has 0 aromatic carbocycles. The Morgan fingerprint density at radius 1 is 0.471 bits per heavy atom. The van der Waals surface area contributed by atoms with Crippen LogP contribution in [-0.4, -0.2) is 333 Å². The summed E-state index contributed by atoms with van der Waals surface area (Å²) in [4.78, 5) is 36.1. The number of ether oxygens (including phenoxy) is 12. The smallest absolute Gasteiger partial charge is 0.311 e. The molecule has 6 aliphatic heterocycles. The molecule has 6 aliphatic rings. The Kier molecular flexibility index (Phi) is 33.4. The summed E-state index contributed by atoms with van der Waals surface area (Å²) in [6, 6.07) is -1.62. The number of aliphatic hydroxyl groups excluding tert-OH is 6. The molecule has 0 aromatic rings. The van der Waals surface area contributed by atoms with Gasteiger partial charge in [0.25, 0.3) is 0 Å². The molecule has 612 valence electrons. The highest BCUT2D eigenvalue weighted by Gasteiger charge is 2.56. The van der Waals surface area contributed by atoms with Crippen molar-refractivity contribution in [3.05, 3.63) is 0 Å². The second kappa shape index (κ2) is 37.5. The molecule has 0 aromatic heterocycles. The molecule has 0 radical (unpaired) electrons. The summed E-state index contributed by atoms with van der Waals surface area (Å²) in [5.74, 6) is -5.17. The molecular weight excluding hydrogens is 1350 g/mol. The summed E-state index contributed by atoms with van der Waals surface area (Å²) in [5, 5.41) is 116. The van der Waals surface area contributed by atoms with E-state index in [1.165, 1.54) is 28.1 Å². The average molecular weight is 1500 g/mol. The van der Waals surface area contributed by atoms with Crippen molar-refractivity contribution >= 4 is 11.9 Å². The first-order chi connectivity index (χ1) is 47.8. The molecule has 6 rings (SSSR count). The van der Waals surface area contributed by atoms with Crippen LogP contribution in [0.15, 0.2) is 0 Å². The first-order valence-electron chi connectivity index (χ1n) is 38.3.